The molecule has 2 atom stereocenters. The van der Waals surface area contributed by atoms with Gasteiger partial charge in [0.1, 0.15) is 11.1 Å². The van der Waals surface area contributed by atoms with Crippen LogP contribution in [0.25, 0.3) is 0 Å². The minimum atomic E-state index is -0.512. The number of hydrogen-bond donors (Lipinski definition) is 2. The molecule has 0 radical (unpaired) electrons. The largest absolute Gasteiger partial charge is 0.320 e. The number of nitrogens with two attached hydrogens (primary N) is 1. The van der Waals surface area contributed by atoms with Crippen LogP contribution in [-0.4, -0.2) is 24.0 Å². The van der Waals surface area contributed by atoms with E-state index in [1.54, 1.807) is 23.1 Å². The topological polar surface area (TPSA) is 78.9 Å². The average molecular weight is 323 g/mol. The first kappa shape index (κ1) is 16.3. The van der Waals surface area contributed by atoms with Gasteiger partial charge in [0.05, 0.1) is 11.6 Å². The molecule has 4 nitrogen and oxygen atoms in total. The first-order chi connectivity index (χ1) is 10.1. The van der Waals surface area contributed by atoms with Crippen molar-refractivity contribution in [2.24, 2.45) is 11.7 Å². The van der Waals surface area contributed by atoms with Crippen LogP contribution in [0.5, 0.6) is 0 Å². The lowest BCUT2D eigenvalue weighted by Crippen LogP contribution is -2.36. The van der Waals surface area contributed by atoms with E-state index in [0.29, 0.717) is 22.9 Å². The van der Waals surface area contributed by atoms with E-state index in [9.17, 15) is 10.1 Å². The highest BCUT2D eigenvalue weighted by atomic mass is 32.2. The number of amides is 1. The molecule has 0 saturated heterocycles. The number of fused-ring (bicyclic) bond motifs is 1. The number of thioether (sulfide) groups is 1. The molecule has 1 aromatic heterocycles. The number of nitrogens with one attached hydrogen (secondary N) is 1. The van der Waals surface area contributed by atoms with Crippen LogP contribution in [0.15, 0.2) is 0 Å². The number of carbonyl (C=O) groups excluding carboxylic acids is 1. The van der Waals surface area contributed by atoms with E-state index in [0.717, 1.165) is 30.6 Å². The Hall–Kier alpha value is -1.03. The van der Waals surface area contributed by atoms with Crippen LogP contribution >= 0.6 is 23.1 Å². The first-order valence-electron chi connectivity index (χ1n) is 7.16. The van der Waals surface area contributed by atoms with Crippen LogP contribution in [0.2, 0.25) is 0 Å². The van der Waals surface area contributed by atoms with Crippen LogP contribution < -0.4 is 11.1 Å². The summed E-state index contributed by atoms with van der Waals surface area (Å²) < 4.78 is 0. The van der Waals surface area contributed by atoms with Gasteiger partial charge in [-0.25, -0.2) is 0 Å². The molecule has 1 amide bonds. The number of nitriles is 1. The van der Waals surface area contributed by atoms with Gasteiger partial charge in [-0.1, -0.05) is 6.92 Å². The van der Waals surface area contributed by atoms with Crippen molar-refractivity contribution < 1.29 is 4.79 Å². The predicted molar refractivity (Wildman–Crippen MR) is 89.8 cm³/mol. The first-order valence-corrected chi connectivity index (χ1v) is 9.37. The summed E-state index contributed by atoms with van der Waals surface area (Å²) in [6, 6.07) is 1.74. The lowest BCUT2D eigenvalue weighted by Gasteiger charge is -2.17. The molecule has 0 aromatic carbocycles. The SMILES string of the molecule is CSCC[C@H](N)C(=O)Nc1sc2c(c1C#N)CCC(C)C2. The Kier molecular flexibility index (Phi) is 5.68. The third-order valence-electron chi connectivity index (χ3n) is 3.83. The van der Waals surface area contributed by atoms with Crippen molar-refractivity contribution in [2.45, 2.75) is 38.6 Å². The lowest BCUT2D eigenvalue weighted by molar-refractivity contribution is -0.117. The summed E-state index contributed by atoms with van der Waals surface area (Å²) in [5.74, 6) is 1.32. The molecule has 1 aliphatic rings. The zero-order valence-corrected chi connectivity index (χ0v) is 14.1. The summed E-state index contributed by atoms with van der Waals surface area (Å²) in [5, 5.41) is 12.9. The zero-order valence-electron chi connectivity index (χ0n) is 12.4. The van der Waals surface area contributed by atoms with E-state index < -0.39 is 6.04 Å². The van der Waals surface area contributed by atoms with Gasteiger partial charge in [0.25, 0.3) is 0 Å². The van der Waals surface area contributed by atoms with Crippen molar-refractivity contribution in [1.29, 1.82) is 5.26 Å². The predicted octanol–water partition coefficient (Wildman–Crippen LogP) is 2.76. The molecule has 1 aliphatic carbocycles. The molecule has 1 aromatic rings. The maximum Gasteiger partial charge on any atom is 0.241 e. The number of hydrogen-bond acceptors (Lipinski definition) is 5. The average Bonchev–Trinajstić information content (AvgIpc) is 2.80. The minimum absolute atomic E-state index is 0.188. The number of rotatable bonds is 5. The molecule has 1 unspecified atom stereocenters. The van der Waals surface area contributed by atoms with Gasteiger partial charge >= 0.3 is 0 Å². The van der Waals surface area contributed by atoms with Gasteiger partial charge in [-0.3, -0.25) is 4.79 Å². The summed E-state index contributed by atoms with van der Waals surface area (Å²) in [6.45, 7) is 2.23. The molecular weight excluding hydrogens is 302 g/mol. The van der Waals surface area contributed by atoms with Crippen LogP contribution in [0, 0.1) is 17.2 Å². The molecule has 21 heavy (non-hydrogen) atoms. The summed E-state index contributed by atoms with van der Waals surface area (Å²) in [4.78, 5) is 13.4. The fraction of sp³-hybridized carbons (Fsp3) is 0.600. The van der Waals surface area contributed by atoms with Gasteiger partial charge in [-0.2, -0.15) is 17.0 Å². The van der Waals surface area contributed by atoms with Crippen molar-refractivity contribution in [3.05, 3.63) is 16.0 Å². The van der Waals surface area contributed by atoms with E-state index in [2.05, 4.69) is 18.3 Å². The van der Waals surface area contributed by atoms with Gasteiger partial charge in [-0.05, 0) is 49.2 Å². The van der Waals surface area contributed by atoms with Crippen LogP contribution in [-0.2, 0) is 17.6 Å². The number of thiophene rings is 1. The van der Waals surface area contributed by atoms with Crippen LogP contribution in [0.3, 0.4) is 0 Å². The Balaban J connectivity index is 2.14. The third kappa shape index (κ3) is 3.79. The number of carbonyl (C=O) groups is 1. The molecule has 0 fully saturated rings. The van der Waals surface area contributed by atoms with E-state index >= 15 is 0 Å². The molecule has 3 N–H and O–H groups in total. The second-order valence-corrected chi connectivity index (χ2v) is 7.64. The third-order valence-corrected chi connectivity index (χ3v) is 5.64. The highest BCUT2D eigenvalue weighted by molar-refractivity contribution is 7.98. The number of anilines is 1. The Morgan fingerprint density at radius 2 is 2.43 bits per heavy atom. The van der Waals surface area contributed by atoms with Crippen molar-refractivity contribution >= 4 is 34.0 Å². The van der Waals surface area contributed by atoms with Crippen molar-refractivity contribution in [2.75, 3.05) is 17.3 Å². The fourth-order valence-corrected chi connectivity index (χ4v) is 4.39. The van der Waals surface area contributed by atoms with E-state index in [1.165, 1.54) is 4.88 Å². The fourth-order valence-electron chi connectivity index (χ4n) is 2.54. The Bertz CT molecular complexity index is 562. The van der Waals surface area contributed by atoms with Gasteiger partial charge in [0.15, 0.2) is 0 Å². The highest BCUT2D eigenvalue weighted by Gasteiger charge is 2.25. The second kappa shape index (κ2) is 7.30. The van der Waals surface area contributed by atoms with Crippen LogP contribution in [0.1, 0.15) is 35.8 Å². The van der Waals surface area contributed by atoms with Crippen molar-refractivity contribution in [3.8, 4) is 6.07 Å². The van der Waals surface area contributed by atoms with Gasteiger partial charge in [-0.15, -0.1) is 11.3 Å². The summed E-state index contributed by atoms with van der Waals surface area (Å²) in [7, 11) is 0. The molecule has 0 spiro atoms. The Morgan fingerprint density at radius 3 is 3.10 bits per heavy atom. The zero-order chi connectivity index (χ0) is 15.4. The maximum atomic E-state index is 12.1. The smallest absolute Gasteiger partial charge is 0.241 e. The molecule has 0 bridgehead atoms. The Labute approximate surface area is 134 Å². The monoisotopic (exact) mass is 323 g/mol. The van der Waals surface area contributed by atoms with Gasteiger partial charge < -0.3 is 11.1 Å². The molecule has 0 aliphatic heterocycles. The maximum absolute atomic E-state index is 12.1. The Morgan fingerprint density at radius 1 is 1.67 bits per heavy atom. The standard InChI is InChI=1S/C15H21N3OS2/c1-9-3-4-10-11(8-16)15(21-13(10)7-9)18-14(19)12(17)5-6-20-2/h9,12H,3-7,17H2,1-2H3,(H,18,19)/t9?,12-/m0/s1. The molecule has 2 rings (SSSR count). The minimum Gasteiger partial charge on any atom is -0.320 e. The summed E-state index contributed by atoms with van der Waals surface area (Å²) in [5.41, 5.74) is 7.66. The van der Waals surface area contributed by atoms with E-state index in [4.69, 9.17) is 5.73 Å². The van der Waals surface area contributed by atoms with Crippen LogP contribution in [0.4, 0.5) is 5.00 Å². The quantitative estimate of drug-likeness (QED) is 0.873. The molecule has 0 saturated carbocycles. The summed E-state index contributed by atoms with van der Waals surface area (Å²) >= 11 is 3.22. The molecule has 1 heterocycles. The summed E-state index contributed by atoms with van der Waals surface area (Å²) in [6.07, 6.45) is 5.69. The van der Waals surface area contributed by atoms with Gasteiger partial charge in [0.2, 0.25) is 5.91 Å². The normalized spacial score (nSPS) is 18.7. The molecule has 6 heteroatoms. The lowest BCUT2D eigenvalue weighted by atomic mass is 9.88. The second-order valence-electron chi connectivity index (χ2n) is 5.54. The van der Waals surface area contributed by atoms with E-state index in [1.807, 2.05) is 6.26 Å². The van der Waals surface area contributed by atoms with Crippen molar-refractivity contribution in [3.63, 3.8) is 0 Å². The van der Waals surface area contributed by atoms with E-state index in [-0.39, 0.29) is 5.91 Å². The highest BCUT2D eigenvalue weighted by Crippen LogP contribution is 2.39. The van der Waals surface area contributed by atoms with Crippen molar-refractivity contribution in [1.82, 2.24) is 0 Å². The number of nitrogens with zero attached hydrogens (tertiary/aromatic N) is 1. The molecular formula is C15H21N3OS2. The van der Waals surface area contributed by atoms with Gasteiger partial charge in [0, 0.05) is 4.88 Å². The molecule has 114 valence electrons.